The number of furan rings is 1. The Bertz CT molecular complexity index is 1090. The summed E-state index contributed by atoms with van der Waals surface area (Å²) in [4.78, 5) is 15.7. The molecule has 26 heavy (non-hydrogen) atoms. The summed E-state index contributed by atoms with van der Waals surface area (Å²) in [6, 6.07) is 15.3. The minimum Gasteiger partial charge on any atom is -0.478 e. The number of rotatable bonds is 4. The Kier molecular flexibility index (Phi) is 4.10. The number of halogens is 1. The predicted molar refractivity (Wildman–Crippen MR) is 97.6 cm³/mol. The maximum absolute atomic E-state index is 13.6. The van der Waals surface area contributed by atoms with Crippen LogP contribution < -0.4 is 0 Å². The maximum atomic E-state index is 13.6. The van der Waals surface area contributed by atoms with Crippen LogP contribution in [0.5, 0.6) is 0 Å². The van der Waals surface area contributed by atoms with Crippen molar-refractivity contribution < 1.29 is 18.7 Å². The molecule has 4 rings (SSSR count). The van der Waals surface area contributed by atoms with Gasteiger partial charge in [-0.1, -0.05) is 24.3 Å². The molecule has 0 radical (unpaired) electrons. The van der Waals surface area contributed by atoms with Gasteiger partial charge in [-0.05, 0) is 41.5 Å². The second-order valence-corrected chi connectivity index (χ2v) is 6.45. The molecule has 1 N–H and O–H groups in total. The van der Waals surface area contributed by atoms with Crippen LogP contribution in [0.2, 0.25) is 0 Å². The average Bonchev–Trinajstić information content (AvgIpc) is 3.33. The lowest BCUT2D eigenvalue weighted by Gasteiger charge is -2.06. The molecule has 0 bridgehead atoms. The second-order valence-electron chi connectivity index (χ2n) is 5.60. The number of aromatic nitrogens is 1. The first-order valence-electron chi connectivity index (χ1n) is 7.75. The Labute approximate surface area is 152 Å². The van der Waals surface area contributed by atoms with E-state index in [1.54, 1.807) is 12.3 Å². The number of benzene rings is 2. The van der Waals surface area contributed by atoms with E-state index in [-0.39, 0.29) is 5.56 Å². The summed E-state index contributed by atoms with van der Waals surface area (Å²) in [6.07, 6.45) is 1.60. The van der Waals surface area contributed by atoms with Gasteiger partial charge in [0.1, 0.15) is 5.82 Å². The molecule has 0 unspecified atom stereocenters. The van der Waals surface area contributed by atoms with Crippen LogP contribution in [-0.4, -0.2) is 16.1 Å². The lowest BCUT2D eigenvalue weighted by molar-refractivity contribution is 0.0692. The monoisotopic (exact) mass is 365 g/mol. The molecule has 0 amide bonds. The zero-order chi connectivity index (χ0) is 18.1. The minimum atomic E-state index is -1.29. The Morgan fingerprint density at radius 1 is 1.04 bits per heavy atom. The molecule has 2 heterocycles. The van der Waals surface area contributed by atoms with Gasteiger partial charge < -0.3 is 9.52 Å². The van der Waals surface area contributed by atoms with E-state index in [0.717, 1.165) is 21.8 Å². The van der Waals surface area contributed by atoms with Crippen molar-refractivity contribution in [3.63, 3.8) is 0 Å². The molecule has 4 aromatic rings. The molecule has 0 spiro atoms. The van der Waals surface area contributed by atoms with E-state index in [9.17, 15) is 9.18 Å². The van der Waals surface area contributed by atoms with Crippen molar-refractivity contribution >= 4 is 17.3 Å². The fraction of sp³-hybridized carbons (Fsp3) is 0. The molecule has 0 aliphatic rings. The van der Waals surface area contributed by atoms with Gasteiger partial charge >= 0.3 is 5.97 Å². The minimum absolute atomic E-state index is 0.346. The Balaban J connectivity index is 1.72. The normalized spacial score (nSPS) is 10.8. The van der Waals surface area contributed by atoms with Crippen molar-refractivity contribution in [1.82, 2.24) is 4.98 Å². The molecule has 2 aromatic heterocycles. The highest BCUT2D eigenvalue weighted by molar-refractivity contribution is 7.13. The van der Waals surface area contributed by atoms with Crippen molar-refractivity contribution in [2.24, 2.45) is 0 Å². The van der Waals surface area contributed by atoms with Crippen molar-refractivity contribution in [3.8, 4) is 33.2 Å². The maximum Gasteiger partial charge on any atom is 0.338 e. The summed E-state index contributed by atoms with van der Waals surface area (Å²) < 4.78 is 19.0. The van der Waals surface area contributed by atoms with Gasteiger partial charge in [-0.25, -0.2) is 14.2 Å². The molecular weight excluding hydrogens is 353 g/mol. The number of carbonyl (C=O) groups is 1. The van der Waals surface area contributed by atoms with Gasteiger partial charge in [-0.15, -0.1) is 11.3 Å². The zero-order valence-corrected chi connectivity index (χ0v) is 14.2. The van der Waals surface area contributed by atoms with Gasteiger partial charge in [-0.2, -0.15) is 0 Å². The van der Waals surface area contributed by atoms with Crippen molar-refractivity contribution in [1.29, 1.82) is 0 Å². The van der Waals surface area contributed by atoms with E-state index in [0.29, 0.717) is 11.3 Å². The Morgan fingerprint density at radius 3 is 2.62 bits per heavy atom. The third-order valence-electron chi connectivity index (χ3n) is 3.92. The molecule has 0 saturated heterocycles. The summed E-state index contributed by atoms with van der Waals surface area (Å²) in [5, 5.41) is 11.8. The van der Waals surface area contributed by atoms with Crippen molar-refractivity contribution in [2.45, 2.75) is 0 Å². The average molecular weight is 365 g/mol. The second kappa shape index (κ2) is 6.57. The zero-order valence-electron chi connectivity index (χ0n) is 13.3. The fourth-order valence-electron chi connectivity index (χ4n) is 2.65. The molecule has 0 fully saturated rings. The number of aromatic carboxylic acids is 1. The molecule has 2 aromatic carbocycles. The molecular formula is C20H12FNO3S. The molecule has 0 saturated carbocycles. The number of carboxylic acids is 1. The SMILES string of the molecule is O=C(O)c1cc(-c2cccc(-c3csc(-c4ccco4)n3)c2)ccc1F. The van der Waals surface area contributed by atoms with E-state index < -0.39 is 11.8 Å². The van der Waals surface area contributed by atoms with Crippen LogP contribution in [0.15, 0.2) is 70.7 Å². The third kappa shape index (κ3) is 3.02. The molecule has 4 nitrogen and oxygen atoms in total. The van der Waals surface area contributed by atoms with E-state index in [2.05, 4.69) is 4.98 Å². The third-order valence-corrected chi connectivity index (χ3v) is 4.78. The van der Waals surface area contributed by atoms with Gasteiger partial charge in [0, 0.05) is 10.9 Å². The Morgan fingerprint density at radius 2 is 1.85 bits per heavy atom. The number of hydrogen-bond donors (Lipinski definition) is 1. The van der Waals surface area contributed by atoms with E-state index in [1.165, 1.54) is 23.5 Å². The first kappa shape index (κ1) is 16.2. The molecule has 128 valence electrons. The highest BCUT2D eigenvalue weighted by Gasteiger charge is 2.13. The highest BCUT2D eigenvalue weighted by atomic mass is 32.1. The van der Waals surface area contributed by atoms with Crippen molar-refractivity contribution in [2.75, 3.05) is 0 Å². The number of hydrogen-bond acceptors (Lipinski definition) is 4. The smallest absolute Gasteiger partial charge is 0.338 e. The highest BCUT2D eigenvalue weighted by Crippen LogP contribution is 2.31. The van der Waals surface area contributed by atoms with Gasteiger partial charge in [0.25, 0.3) is 0 Å². The molecule has 0 atom stereocenters. The number of nitrogens with zero attached hydrogens (tertiary/aromatic N) is 1. The van der Waals surface area contributed by atoms with Crippen LogP contribution >= 0.6 is 11.3 Å². The summed E-state index contributed by atoms with van der Waals surface area (Å²) in [6.45, 7) is 0. The molecule has 6 heteroatoms. The van der Waals surface area contributed by atoms with Gasteiger partial charge in [0.05, 0.1) is 17.5 Å². The van der Waals surface area contributed by atoms with Crippen LogP contribution in [0, 0.1) is 5.82 Å². The molecule has 0 aliphatic heterocycles. The first-order chi connectivity index (χ1) is 12.6. The standard InChI is InChI=1S/C20H12FNO3S/c21-16-7-6-13(10-15(16)20(23)24)12-3-1-4-14(9-12)17-11-26-19(22-17)18-5-2-8-25-18/h1-11H,(H,23,24). The van der Waals surface area contributed by atoms with Crippen LogP contribution in [0.4, 0.5) is 4.39 Å². The van der Waals surface area contributed by atoms with E-state index in [1.807, 2.05) is 41.8 Å². The van der Waals surface area contributed by atoms with Crippen LogP contribution in [0.3, 0.4) is 0 Å². The van der Waals surface area contributed by atoms with Gasteiger partial charge in [-0.3, -0.25) is 0 Å². The first-order valence-corrected chi connectivity index (χ1v) is 8.63. The quantitative estimate of drug-likeness (QED) is 0.513. The summed E-state index contributed by atoms with van der Waals surface area (Å²) >= 11 is 1.48. The predicted octanol–water partition coefficient (Wildman–Crippen LogP) is 5.57. The van der Waals surface area contributed by atoms with Gasteiger partial charge in [0.15, 0.2) is 10.8 Å². The molecule has 0 aliphatic carbocycles. The lowest BCUT2D eigenvalue weighted by atomic mass is 10.00. The van der Waals surface area contributed by atoms with Crippen LogP contribution in [-0.2, 0) is 0 Å². The number of thiazole rings is 1. The van der Waals surface area contributed by atoms with Crippen molar-refractivity contribution in [3.05, 3.63) is 77.6 Å². The van der Waals surface area contributed by atoms with Gasteiger partial charge in [0.2, 0.25) is 0 Å². The summed E-state index contributed by atoms with van der Waals surface area (Å²) in [7, 11) is 0. The van der Waals surface area contributed by atoms with E-state index in [4.69, 9.17) is 9.52 Å². The fourth-order valence-corrected chi connectivity index (χ4v) is 3.44. The van der Waals surface area contributed by atoms with Crippen LogP contribution in [0.25, 0.3) is 33.2 Å². The summed E-state index contributed by atoms with van der Waals surface area (Å²) in [5.41, 5.74) is 2.76. The van der Waals surface area contributed by atoms with Crippen LogP contribution in [0.1, 0.15) is 10.4 Å². The van der Waals surface area contributed by atoms with E-state index >= 15 is 0 Å². The Hall–Kier alpha value is -3.25. The lowest BCUT2D eigenvalue weighted by Crippen LogP contribution is -2.00. The topological polar surface area (TPSA) is 63.3 Å². The number of carboxylic acid groups (broad SMARTS) is 1. The largest absolute Gasteiger partial charge is 0.478 e. The summed E-state index contributed by atoms with van der Waals surface area (Å²) in [5.74, 6) is -1.33.